The summed E-state index contributed by atoms with van der Waals surface area (Å²) in [5.74, 6) is -3.72. The molecule has 0 saturated heterocycles. The van der Waals surface area contributed by atoms with Gasteiger partial charge in [0.1, 0.15) is 24.9 Å². The molecule has 2 unspecified atom stereocenters. The quantitative estimate of drug-likeness (QED) is 0.0639. The van der Waals surface area contributed by atoms with Crippen LogP contribution in [0.3, 0.4) is 0 Å². The molecule has 0 fully saturated rings. The number of carboxylic acid groups (broad SMARTS) is 2. The molecular weight excluding hydrogens is 704 g/mol. The summed E-state index contributed by atoms with van der Waals surface area (Å²) in [5, 5.41) is 44.4. The van der Waals surface area contributed by atoms with Crippen LogP contribution in [0.25, 0.3) is 0 Å². The van der Waals surface area contributed by atoms with Gasteiger partial charge in [0.15, 0.2) is 0 Å². The number of hydrogen-bond donors (Lipinski definition) is 4. The van der Waals surface area contributed by atoms with Gasteiger partial charge in [-0.15, -0.1) is 0 Å². The van der Waals surface area contributed by atoms with Gasteiger partial charge < -0.3 is 49.7 Å². The smallest absolute Gasteiger partial charge is 0.545 e. The molecule has 14 nitrogen and oxygen atoms in total. The Hall–Kier alpha value is -3.75. The van der Waals surface area contributed by atoms with E-state index in [2.05, 4.69) is 10.6 Å². The predicted molar refractivity (Wildman–Crippen MR) is 181 cm³/mol. The largest absolute Gasteiger partial charge is 1.00 e. The molecule has 0 bridgehead atoms. The number of aliphatic hydroxyl groups is 2. The van der Waals surface area contributed by atoms with E-state index in [1.807, 2.05) is 12.1 Å². The normalized spacial score (nSPS) is 12.5. The summed E-state index contributed by atoms with van der Waals surface area (Å²) < 4.78 is 33.5. The Bertz CT molecular complexity index is 1640. The molecule has 4 N–H and O–H groups in total. The van der Waals surface area contributed by atoms with Gasteiger partial charge in [-0.2, -0.15) is 0 Å². The maximum atomic E-state index is 12.4. The van der Waals surface area contributed by atoms with Crippen molar-refractivity contribution in [3.05, 3.63) is 131 Å². The van der Waals surface area contributed by atoms with Gasteiger partial charge in [0, 0.05) is 24.2 Å². The maximum absolute atomic E-state index is 12.4. The monoisotopic (exact) mass is 738 g/mol. The van der Waals surface area contributed by atoms with Crippen molar-refractivity contribution in [3.8, 4) is 0 Å². The van der Waals surface area contributed by atoms with Crippen molar-refractivity contribution < 1.29 is 95.5 Å². The van der Waals surface area contributed by atoms with Gasteiger partial charge in [0.2, 0.25) is 16.1 Å². The van der Waals surface area contributed by atoms with E-state index in [0.29, 0.717) is 11.4 Å². The first-order valence-corrected chi connectivity index (χ1v) is 18.0. The number of rotatable bonds is 16. The number of benzene rings is 4. The van der Waals surface area contributed by atoms with E-state index in [1.165, 1.54) is 48.5 Å². The van der Waals surface area contributed by atoms with Gasteiger partial charge in [-0.25, -0.2) is 0 Å². The standard InChI is InChI=1S/2C17H18NO6P.2Li/c2*19-11-25(23)24-15(10-12-4-2-1-3-5-12)16(20)18-14-8-6-13(7-9-14)17(21)22;;/h2*1-9,15,19,25H,10-11H2,(H,18,20)(H,21,22);;/q;;2*+1/p-2/t2*15-;;/m00../s1. The van der Waals surface area contributed by atoms with E-state index >= 15 is 0 Å². The van der Waals surface area contributed by atoms with Crippen LogP contribution >= 0.6 is 16.1 Å². The molecule has 4 atom stereocenters. The first-order valence-electron chi connectivity index (χ1n) is 14.9. The van der Waals surface area contributed by atoms with Gasteiger partial charge in [0.05, 0.1) is 11.9 Å². The van der Waals surface area contributed by atoms with Crippen LogP contribution in [-0.2, 0) is 40.6 Å². The van der Waals surface area contributed by atoms with Gasteiger partial charge in [0.25, 0.3) is 11.8 Å². The number of aromatic carboxylic acids is 2. The van der Waals surface area contributed by atoms with Gasteiger partial charge >= 0.3 is 37.7 Å². The first-order chi connectivity index (χ1) is 24.0. The summed E-state index contributed by atoms with van der Waals surface area (Å²) in [6.45, 7) is 0. The number of carboxylic acids is 2. The second-order valence-electron chi connectivity index (χ2n) is 10.4. The zero-order valence-corrected chi connectivity index (χ0v) is 30.4. The zero-order valence-electron chi connectivity index (χ0n) is 28.4. The van der Waals surface area contributed by atoms with E-state index in [-0.39, 0.29) is 61.7 Å². The number of amides is 2. The van der Waals surface area contributed by atoms with Crippen LogP contribution in [0.1, 0.15) is 31.8 Å². The SMILES string of the molecule is O=C([O-])c1ccc(NC(=O)[C@H](Cc2ccccc2)O[PH](=O)CO)cc1.O=C([O-])c1ccc(NC(=O)[C@H](Cc2ccccc2)O[PH](=O)CO)cc1.[Li+].[Li+]. The Morgan fingerprint density at radius 3 is 1.13 bits per heavy atom. The van der Waals surface area contributed by atoms with Crippen LogP contribution in [0.15, 0.2) is 109 Å². The second-order valence-corrected chi connectivity index (χ2v) is 13.0. The van der Waals surface area contributed by atoms with E-state index in [4.69, 9.17) is 19.3 Å². The minimum atomic E-state index is -2.74. The fraction of sp³-hybridized carbons (Fsp3) is 0.176. The molecule has 0 saturated carbocycles. The molecule has 4 rings (SSSR count). The summed E-state index contributed by atoms with van der Waals surface area (Å²) in [6, 6.07) is 28.9. The molecular formula is C34H34Li2N2O12P2. The molecule has 0 aliphatic rings. The van der Waals surface area contributed by atoms with E-state index in [0.717, 1.165) is 11.1 Å². The first kappa shape index (κ1) is 46.3. The Balaban J connectivity index is 0.000000501. The second kappa shape index (κ2) is 24.5. The van der Waals surface area contributed by atoms with Crippen molar-refractivity contribution in [2.75, 3.05) is 23.3 Å². The maximum Gasteiger partial charge on any atom is 1.00 e. The Labute approximate surface area is 325 Å². The predicted octanol–water partition coefficient (Wildman–Crippen LogP) is -3.91. The average molecular weight is 738 g/mol. The zero-order chi connectivity index (χ0) is 36.5. The summed E-state index contributed by atoms with van der Waals surface area (Å²) in [6.07, 6.45) is -3.04. The van der Waals surface area contributed by atoms with E-state index in [9.17, 15) is 38.5 Å². The van der Waals surface area contributed by atoms with Crippen LogP contribution in [0.5, 0.6) is 0 Å². The molecule has 52 heavy (non-hydrogen) atoms. The number of carbonyl (C=O) groups excluding carboxylic acids is 4. The van der Waals surface area contributed by atoms with Crippen LogP contribution in [0.2, 0.25) is 0 Å². The van der Waals surface area contributed by atoms with Gasteiger partial charge in [-0.05, 0) is 46.5 Å². The van der Waals surface area contributed by atoms with Crippen molar-refractivity contribution >= 4 is 51.2 Å². The molecule has 2 amide bonds. The number of carbonyl (C=O) groups is 4. The fourth-order valence-electron chi connectivity index (χ4n) is 4.25. The van der Waals surface area contributed by atoms with Gasteiger partial charge in [-0.1, -0.05) is 84.9 Å². The molecule has 0 aromatic heterocycles. The van der Waals surface area contributed by atoms with Crippen LogP contribution in [0.4, 0.5) is 11.4 Å². The van der Waals surface area contributed by atoms with Crippen LogP contribution in [-0.4, -0.2) is 58.9 Å². The molecule has 4 aromatic rings. The van der Waals surface area contributed by atoms with Crippen molar-refractivity contribution in [3.63, 3.8) is 0 Å². The van der Waals surface area contributed by atoms with E-state index < -0.39 is 64.7 Å². The Kier molecular flexibility index (Phi) is 21.8. The van der Waals surface area contributed by atoms with Crippen LogP contribution in [0, 0.1) is 0 Å². The summed E-state index contributed by atoms with van der Waals surface area (Å²) in [7, 11) is -5.48. The summed E-state index contributed by atoms with van der Waals surface area (Å²) >= 11 is 0. The number of aliphatic hydroxyl groups excluding tert-OH is 2. The fourth-order valence-corrected chi connectivity index (χ4v) is 5.41. The molecule has 0 spiro atoms. The van der Waals surface area contributed by atoms with Crippen molar-refractivity contribution in [2.45, 2.75) is 25.0 Å². The molecule has 0 radical (unpaired) electrons. The van der Waals surface area contributed by atoms with Crippen molar-refractivity contribution in [2.24, 2.45) is 0 Å². The molecule has 18 heteroatoms. The van der Waals surface area contributed by atoms with Gasteiger partial charge in [-0.3, -0.25) is 18.7 Å². The molecule has 0 aliphatic carbocycles. The summed E-state index contributed by atoms with van der Waals surface area (Å²) in [4.78, 5) is 46.3. The third kappa shape index (κ3) is 16.3. The molecule has 264 valence electrons. The minimum Gasteiger partial charge on any atom is -0.545 e. The van der Waals surface area contributed by atoms with Crippen LogP contribution < -0.4 is 58.6 Å². The summed E-state index contributed by atoms with van der Waals surface area (Å²) in [5.41, 5.74) is 2.31. The topological polar surface area (TPSA) is 232 Å². The Morgan fingerprint density at radius 2 is 0.865 bits per heavy atom. The average Bonchev–Trinajstić information content (AvgIpc) is 3.12. The van der Waals surface area contributed by atoms with Crippen molar-refractivity contribution in [1.29, 1.82) is 0 Å². The molecule has 0 heterocycles. The third-order valence-electron chi connectivity index (χ3n) is 6.69. The minimum absolute atomic E-state index is 0. The van der Waals surface area contributed by atoms with Crippen molar-refractivity contribution in [1.82, 2.24) is 0 Å². The molecule has 4 aromatic carbocycles. The Morgan fingerprint density at radius 1 is 0.558 bits per heavy atom. The molecule has 0 aliphatic heterocycles. The number of anilines is 2. The third-order valence-corrected chi connectivity index (χ3v) is 8.31. The number of hydrogen-bond acceptors (Lipinski definition) is 12. The van der Waals surface area contributed by atoms with E-state index in [1.54, 1.807) is 48.5 Å². The number of nitrogens with one attached hydrogen (secondary N) is 2.